The van der Waals surface area contributed by atoms with Crippen LogP contribution in [0.1, 0.15) is 6.92 Å². The number of anilines is 1. The van der Waals surface area contributed by atoms with Crippen LogP contribution in [0.5, 0.6) is 0 Å². The van der Waals surface area contributed by atoms with Gasteiger partial charge >= 0.3 is 0 Å². The van der Waals surface area contributed by atoms with E-state index in [0.717, 1.165) is 12.2 Å². The van der Waals surface area contributed by atoms with E-state index in [2.05, 4.69) is 5.32 Å². The van der Waals surface area contributed by atoms with Crippen LogP contribution < -0.4 is 5.32 Å². The van der Waals surface area contributed by atoms with Crippen molar-refractivity contribution in [3.8, 4) is 0 Å². The minimum atomic E-state index is 0.0879. The van der Waals surface area contributed by atoms with E-state index in [-0.39, 0.29) is 11.4 Å². The van der Waals surface area contributed by atoms with Crippen molar-refractivity contribution in [1.29, 1.82) is 0 Å². The van der Waals surface area contributed by atoms with Crippen molar-refractivity contribution in [2.45, 2.75) is 12.4 Å². The van der Waals surface area contributed by atoms with Gasteiger partial charge in [-0.3, -0.25) is 4.79 Å². The van der Waals surface area contributed by atoms with Crippen LogP contribution in [-0.2, 0) is 4.79 Å². The molecule has 1 aliphatic heterocycles. The molecule has 1 aromatic rings. The Hall–Kier alpha value is -1.16. The topological polar surface area (TPSA) is 32.3 Å². The van der Waals surface area contributed by atoms with Gasteiger partial charge in [0.15, 0.2) is 5.50 Å². The molecule has 1 aromatic carbocycles. The molecule has 0 spiro atoms. The molecule has 1 heterocycles. The second kappa shape index (κ2) is 4.57. The van der Waals surface area contributed by atoms with Gasteiger partial charge in [0.1, 0.15) is 0 Å². The van der Waals surface area contributed by atoms with Crippen LogP contribution in [-0.4, -0.2) is 28.6 Å². The lowest BCUT2D eigenvalue weighted by molar-refractivity contribution is -0.127. The van der Waals surface area contributed by atoms with E-state index in [0.29, 0.717) is 5.75 Å². The molecule has 1 atom stereocenters. The van der Waals surface area contributed by atoms with Gasteiger partial charge in [0.25, 0.3) is 0 Å². The Morgan fingerprint density at radius 1 is 1.47 bits per heavy atom. The largest absolute Gasteiger partial charge is 0.357 e. The molecule has 15 heavy (non-hydrogen) atoms. The smallest absolute Gasteiger partial charge is 0.234 e. The molecule has 2 rings (SSSR count). The van der Waals surface area contributed by atoms with Gasteiger partial charge < -0.3 is 10.2 Å². The maximum Gasteiger partial charge on any atom is 0.234 e. The summed E-state index contributed by atoms with van der Waals surface area (Å²) in [4.78, 5) is 13.3. The highest BCUT2D eigenvalue weighted by Gasteiger charge is 2.29. The monoisotopic (exact) mass is 222 g/mol. The standard InChI is InChI=1S/C11H14N2OS/c1-2-13-10(14)8-15-11(13)12-9-6-4-3-5-7-9/h3-7,11-12H,2,8H2,1H3. The van der Waals surface area contributed by atoms with Crippen molar-refractivity contribution in [3.63, 3.8) is 0 Å². The summed E-state index contributed by atoms with van der Waals surface area (Å²) in [6.07, 6.45) is 0. The van der Waals surface area contributed by atoms with Gasteiger partial charge in [0.05, 0.1) is 5.75 Å². The predicted octanol–water partition coefficient (Wildman–Crippen LogP) is 1.98. The summed E-state index contributed by atoms with van der Waals surface area (Å²) in [5.41, 5.74) is 1.15. The Bertz CT molecular complexity index is 342. The summed E-state index contributed by atoms with van der Waals surface area (Å²) in [5.74, 6) is 0.800. The fourth-order valence-electron chi connectivity index (χ4n) is 1.59. The number of carbonyl (C=O) groups excluding carboxylic acids is 1. The SMILES string of the molecule is CCN1C(=O)CSC1Nc1ccccc1. The summed E-state index contributed by atoms with van der Waals surface area (Å²) >= 11 is 1.64. The average molecular weight is 222 g/mol. The Balaban J connectivity index is 2.04. The highest BCUT2D eigenvalue weighted by atomic mass is 32.2. The zero-order chi connectivity index (χ0) is 10.7. The van der Waals surface area contributed by atoms with E-state index < -0.39 is 0 Å². The van der Waals surface area contributed by atoms with Crippen molar-refractivity contribution in [1.82, 2.24) is 4.90 Å². The molecule has 0 aliphatic carbocycles. The number of rotatable bonds is 3. The maximum atomic E-state index is 11.5. The lowest BCUT2D eigenvalue weighted by Gasteiger charge is -2.23. The predicted molar refractivity (Wildman–Crippen MR) is 63.7 cm³/mol. The summed E-state index contributed by atoms with van der Waals surface area (Å²) in [6.45, 7) is 2.76. The van der Waals surface area contributed by atoms with Gasteiger partial charge in [-0.25, -0.2) is 0 Å². The van der Waals surface area contributed by atoms with Crippen LogP contribution in [0, 0.1) is 0 Å². The molecule has 4 heteroatoms. The highest BCUT2D eigenvalue weighted by Crippen LogP contribution is 2.25. The third kappa shape index (κ3) is 2.26. The quantitative estimate of drug-likeness (QED) is 0.848. The van der Waals surface area contributed by atoms with Crippen molar-refractivity contribution >= 4 is 23.4 Å². The molecule has 0 saturated carbocycles. The molecule has 1 saturated heterocycles. The molecular weight excluding hydrogens is 208 g/mol. The van der Waals surface area contributed by atoms with E-state index >= 15 is 0 Å². The lowest BCUT2D eigenvalue weighted by atomic mass is 10.3. The first-order chi connectivity index (χ1) is 7.31. The first-order valence-corrected chi connectivity index (χ1v) is 6.09. The third-order valence-electron chi connectivity index (χ3n) is 2.37. The lowest BCUT2D eigenvalue weighted by Crippen LogP contribution is -2.37. The van der Waals surface area contributed by atoms with Gasteiger partial charge in [-0.05, 0) is 19.1 Å². The van der Waals surface area contributed by atoms with Crippen molar-refractivity contribution in [2.24, 2.45) is 0 Å². The Kier molecular flexibility index (Phi) is 3.16. The van der Waals surface area contributed by atoms with Gasteiger partial charge in [-0.15, -0.1) is 11.8 Å². The van der Waals surface area contributed by atoms with Crippen LogP contribution in [0.25, 0.3) is 0 Å². The summed E-state index contributed by atoms with van der Waals surface area (Å²) in [6, 6.07) is 9.98. The number of carbonyl (C=O) groups is 1. The zero-order valence-corrected chi connectivity index (χ0v) is 9.46. The third-order valence-corrected chi connectivity index (χ3v) is 3.47. The minimum Gasteiger partial charge on any atom is -0.357 e. The molecule has 3 nitrogen and oxygen atoms in total. The number of nitrogens with zero attached hydrogens (tertiary/aromatic N) is 1. The molecule has 0 radical (unpaired) electrons. The first kappa shape index (κ1) is 10.4. The Morgan fingerprint density at radius 2 is 2.20 bits per heavy atom. The van der Waals surface area contributed by atoms with E-state index in [9.17, 15) is 4.79 Å². The molecule has 1 aliphatic rings. The number of amides is 1. The van der Waals surface area contributed by atoms with Gasteiger partial charge in [0, 0.05) is 12.2 Å². The zero-order valence-electron chi connectivity index (χ0n) is 8.64. The molecule has 1 amide bonds. The van der Waals surface area contributed by atoms with E-state index in [4.69, 9.17) is 0 Å². The van der Waals surface area contributed by atoms with Crippen molar-refractivity contribution < 1.29 is 4.79 Å². The average Bonchev–Trinajstić information content (AvgIpc) is 2.61. The van der Waals surface area contributed by atoms with Crippen LogP contribution >= 0.6 is 11.8 Å². The molecule has 80 valence electrons. The first-order valence-electron chi connectivity index (χ1n) is 5.04. The number of thioether (sulfide) groups is 1. The maximum absolute atomic E-state index is 11.5. The fourth-order valence-corrected chi connectivity index (χ4v) is 2.72. The van der Waals surface area contributed by atoms with Crippen LogP contribution in [0.2, 0.25) is 0 Å². The molecule has 0 bridgehead atoms. The van der Waals surface area contributed by atoms with E-state index in [1.54, 1.807) is 11.8 Å². The van der Waals surface area contributed by atoms with Crippen LogP contribution in [0.4, 0.5) is 5.69 Å². The Labute approximate surface area is 93.8 Å². The number of benzene rings is 1. The molecule has 1 unspecified atom stereocenters. The number of nitrogens with one attached hydrogen (secondary N) is 1. The normalized spacial score (nSPS) is 20.7. The van der Waals surface area contributed by atoms with Crippen LogP contribution in [0.15, 0.2) is 30.3 Å². The van der Waals surface area contributed by atoms with Crippen molar-refractivity contribution in [2.75, 3.05) is 17.6 Å². The Morgan fingerprint density at radius 3 is 2.87 bits per heavy atom. The van der Waals surface area contributed by atoms with Gasteiger partial charge in [-0.2, -0.15) is 0 Å². The molecule has 1 N–H and O–H groups in total. The molecule has 1 fully saturated rings. The number of hydrogen-bond donors (Lipinski definition) is 1. The van der Waals surface area contributed by atoms with Crippen LogP contribution in [0.3, 0.4) is 0 Å². The van der Waals surface area contributed by atoms with Gasteiger partial charge in [0.2, 0.25) is 5.91 Å². The number of hydrogen-bond acceptors (Lipinski definition) is 3. The summed E-state index contributed by atoms with van der Waals surface area (Å²) in [5, 5.41) is 3.34. The number of para-hydroxylation sites is 1. The fraction of sp³-hybridized carbons (Fsp3) is 0.364. The van der Waals surface area contributed by atoms with Gasteiger partial charge in [-0.1, -0.05) is 18.2 Å². The van der Waals surface area contributed by atoms with E-state index in [1.807, 2.05) is 42.2 Å². The molecule has 0 aromatic heterocycles. The summed E-state index contributed by atoms with van der Waals surface area (Å²) < 4.78 is 0. The molecular formula is C11H14N2OS. The second-order valence-corrected chi connectivity index (χ2v) is 4.42. The summed E-state index contributed by atoms with van der Waals surface area (Å²) in [7, 11) is 0. The van der Waals surface area contributed by atoms with Crippen molar-refractivity contribution in [3.05, 3.63) is 30.3 Å². The second-order valence-electron chi connectivity index (χ2n) is 3.35. The highest BCUT2D eigenvalue weighted by molar-refractivity contribution is 8.01. The minimum absolute atomic E-state index is 0.0879. The van der Waals surface area contributed by atoms with E-state index in [1.165, 1.54) is 0 Å².